The predicted octanol–water partition coefficient (Wildman–Crippen LogP) is 4.47. The summed E-state index contributed by atoms with van der Waals surface area (Å²) in [4.78, 5) is 0. The van der Waals surface area contributed by atoms with Gasteiger partial charge in [-0.2, -0.15) is 0 Å². The van der Waals surface area contributed by atoms with E-state index in [1.54, 1.807) is 0 Å². The molecule has 0 aromatic heterocycles. The number of hydrogen-bond acceptors (Lipinski definition) is 0. The minimum absolute atomic E-state index is 0.335. The summed E-state index contributed by atoms with van der Waals surface area (Å²) in [5.74, 6) is 0.818. The third-order valence-electron chi connectivity index (χ3n) is 2.63. The van der Waals surface area contributed by atoms with E-state index in [0.717, 1.165) is 12.3 Å². The van der Waals surface area contributed by atoms with Crippen LogP contribution in [0.2, 0.25) is 0 Å². The largest absolute Gasteiger partial charge is 0.123 e. The van der Waals surface area contributed by atoms with Crippen molar-refractivity contribution in [3.63, 3.8) is 0 Å². The minimum atomic E-state index is 0.335. The number of hydrogen-bond donors (Lipinski definition) is 0. The maximum absolute atomic E-state index is 5.93. The average molecular weight is 191 g/mol. The molecule has 0 amide bonds. The molecule has 0 spiro atoms. The Bertz CT molecular complexity index is 111. The molecule has 0 rings (SSSR count). The zero-order valence-electron chi connectivity index (χ0n) is 9.15. The van der Waals surface area contributed by atoms with Gasteiger partial charge in [-0.1, -0.05) is 34.1 Å². The summed E-state index contributed by atoms with van der Waals surface area (Å²) in [5.41, 5.74) is 0.445. The minimum Gasteiger partial charge on any atom is -0.123 e. The molecule has 0 fully saturated rings. The van der Waals surface area contributed by atoms with Crippen molar-refractivity contribution in [3.8, 4) is 0 Å². The van der Waals surface area contributed by atoms with Gasteiger partial charge in [0.25, 0.3) is 0 Å². The Kier molecular flexibility index (Phi) is 5.24. The molecule has 0 aromatic rings. The van der Waals surface area contributed by atoms with E-state index in [2.05, 4.69) is 34.6 Å². The highest BCUT2D eigenvalue weighted by Gasteiger charge is 2.22. The molecule has 12 heavy (non-hydrogen) atoms. The lowest BCUT2D eigenvalue weighted by atomic mass is 9.76. The molecule has 2 unspecified atom stereocenters. The third-order valence-corrected chi connectivity index (χ3v) is 2.85. The SMILES string of the molecule is CCC(CCC(C)Cl)C(C)(C)C. The van der Waals surface area contributed by atoms with Crippen molar-refractivity contribution in [2.45, 2.75) is 59.3 Å². The lowest BCUT2D eigenvalue weighted by Crippen LogP contribution is -2.20. The summed E-state index contributed by atoms with van der Waals surface area (Å²) >= 11 is 5.93. The summed E-state index contributed by atoms with van der Waals surface area (Å²) in [6.07, 6.45) is 3.69. The van der Waals surface area contributed by atoms with Crippen molar-refractivity contribution in [1.29, 1.82) is 0 Å². The molecule has 0 saturated heterocycles. The molecule has 0 radical (unpaired) electrons. The van der Waals surface area contributed by atoms with E-state index in [1.807, 2.05) is 0 Å². The fraction of sp³-hybridized carbons (Fsp3) is 1.00. The fourth-order valence-corrected chi connectivity index (χ4v) is 1.81. The quantitative estimate of drug-likeness (QED) is 0.574. The van der Waals surface area contributed by atoms with Crippen LogP contribution in [0.5, 0.6) is 0 Å². The first kappa shape index (κ1) is 12.3. The fourth-order valence-electron chi connectivity index (χ4n) is 1.68. The van der Waals surface area contributed by atoms with Crippen molar-refractivity contribution in [2.24, 2.45) is 11.3 Å². The molecule has 0 heterocycles. The van der Waals surface area contributed by atoms with Gasteiger partial charge in [0.15, 0.2) is 0 Å². The van der Waals surface area contributed by atoms with E-state index in [1.165, 1.54) is 12.8 Å². The standard InChI is InChI=1S/C11H23Cl/c1-6-10(11(3,4)5)8-7-9(2)12/h9-10H,6-8H2,1-5H3. The van der Waals surface area contributed by atoms with Gasteiger partial charge in [0, 0.05) is 5.38 Å². The second kappa shape index (κ2) is 5.11. The Morgan fingerprint density at radius 1 is 1.17 bits per heavy atom. The Labute approximate surface area is 82.7 Å². The summed E-state index contributed by atoms with van der Waals surface area (Å²) in [7, 11) is 0. The first-order chi connectivity index (χ1) is 5.38. The van der Waals surface area contributed by atoms with Crippen LogP contribution in [-0.2, 0) is 0 Å². The third kappa shape index (κ3) is 5.03. The second-order valence-electron chi connectivity index (χ2n) is 4.83. The molecule has 0 bridgehead atoms. The molecule has 0 nitrogen and oxygen atoms in total. The Morgan fingerprint density at radius 3 is 1.92 bits per heavy atom. The van der Waals surface area contributed by atoms with Gasteiger partial charge >= 0.3 is 0 Å². The number of alkyl halides is 1. The van der Waals surface area contributed by atoms with Crippen molar-refractivity contribution in [2.75, 3.05) is 0 Å². The molecule has 0 aliphatic carbocycles. The van der Waals surface area contributed by atoms with Crippen LogP contribution >= 0.6 is 11.6 Å². The van der Waals surface area contributed by atoms with Gasteiger partial charge in [-0.3, -0.25) is 0 Å². The Morgan fingerprint density at radius 2 is 1.67 bits per heavy atom. The summed E-state index contributed by atoms with van der Waals surface area (Å²) in [6, 6.07) is 0. The molecule has 0 aromatic carbocycles. The summed E-state index contributed by atoms with van der Waals surface area (Å²) < 4.78 is 0. The molecule has 0 saturated carbocycles. The molecule has 0 aliphatic heterocycles. The van der Waals surface area contributed by atoms with Crippen LogP contribution in [0, 0.1) is 11.3 Å². The van der Waals surface area contributed by atoms with Crippen molar-refractivity contribution in [3.05, 3.63) is 0 Å². The van der Waals surface area contributed by atoms with Gasteiger partial charge in [0.05, 0.1) is 0 Å². The highest BCUT2D eigenvalue weighted by molar-refractivity contribution is 6.20. The molecule has 0 N–H and O–H groups in total. The van der Waals surface area contributed by atoms with Crippen LogP contribution < -0.4 is 0 Å². The van der Waals surface area contributed by atoms with Gasteiger partial charge in [-0.05, 0) is 31.1 Å². The van der Waals surface area contributed by atoms with Gasteiger partial charge < -0.3 is 0 Å². The van der Waals surface area contributed by atoms with Crippen LogP contribution in [0.3, 0.4) is 0 Å². The van der Waals surface area contributed by atoms with Crippen LogP contribution in [0.15, 0.2) is 0 Å². The summed E-state index contributed by atoms with van der Waals surface area (Å²) in [6.45, 7) is 11.3. The summed E-state index contributed by atoms with van der Waals surface area (Å²) in [5, 5.41) is 0.335. The molecule has 74 valence electrons. The van der Waals surface area contributed by atoms with Gasteiger partial charge in [0.2, 0.25) is 0 Å². The lowest BCUT2D eigenvalue weighted by molar-refractivity contribution is 0.215. The van der Waals surface area contributed by atoms with Gasteiger partial charge in [-0.15, -0.1) is 11.6 Å². The molecule has 0 aliphatic rings. The second-order valence-corrected chi connectivity index (χ2v) is 5.57. The number of halogens is 1. The lowest BCUT2D eigenvalue weighted by Gasteiger charge is -2.30. The normalized spacial score (nSPS) is 17.5. The Hall–Kier alpha value is 0.290. The highest BCUT2D eigenvalue weighted by atomic mass is 35.5. The van der Waals surface area contributed by atoms with E-state index in [-0.39, 0.29) is 0 Å². The molecular weight excluding hydrogens is 168 g/mol. The average Bonchev–Trinajstić information content (AvgIpc) is 1.85. The number of rotatable bonds is 4. The highest BCUT2D eigenvalue weighted by Crippen LogP contribution is 2.32. The predicted molar refractivity (Wildman–Crippen MR) is 57.8 cm³/mol. The first-order valence-corrected chi connectivity index (χ1v) is 5.45. The maximum atomic E-state index is 5.93. The zero-order valence-corrected chi connectivity index (χ0v) is 9.91. The van der Waals surface area contributed by atoms with Crippen molar-refractivity contribution >= 4 is 11.6 Å². The van der Waals surface area contributed by atoms with E-state index in [9.17, 15) is 0 Å². The first-order valence-electron chi connectivity index (χ1n) is 5.02. The van der Waals surface area contributed by atoms with Crippen molar-refractivity contribution < 1.29 is 0 Å². The zero-order chi connectivity index (χ0) is 9.78. The maximum Gasteiger partial charge on any atom is 0.0307 e. The van der Waals surface area contributed by atoms with E-state index in [4.69, 9.17) is 11.6 Å². The van der Waals surface area contributed by atoms with Crippen molar-refractivity contribution in [1.82, 2.24) is 0 Å². The van der Waals surface area contributed by atoms with E-state index >= 15 is 0 Å². The molecular formula is C11H23Cl. The van der Waals surface area contributed by atoms with Crippen LogP contribution in [0.4, 0.5) is 0 Å². The van der Waals surface area contributed by atoms with E-state index < -0.39 is 0 Å². The Balaban J connectivity index is 3.84. The topological polar surface area (TPSA) is 0 Å². The molecule has 2 atom stereocenters. The molecule has 1 heteroatoms. The van der Waals surface area contributed by atoms with Crippen LogP contribution in [0.1, 0.15) is 53.9 Å². The van der Waals surface area contributed by atoms with Crippen LogP contribution in [-0.4, -0.2) is 5.38 Å². The van der Waals surface area contributed by atoms with E-state index in [0.29, 0.717) is 10.8 Å². The smallest absolute Gasteiger partial charge is 0.0307 e. The monoisotopic (exact) mass is 190 g/mol. The van der Waals surface area contributed by atoms with Gasteiger partial charge in [-0.25, -0.2) is 0 Å². The van der Waals surface area contributed by atoms with Crippen LogP contribution in [0.25, 0.3) is 0 Å². The van der Waals surface area contributed by atoms with Gasteiger partial charge in [0.1, 0.15) is 0 Å².